The van der Waals surface area contributed by atoms with Gasteiger partial charge in [-0.2, -0.15) is 0 Å². The number of methoxy groups -OCH3 is 1. The summed E-state index contributed by atoms with van der Waals surface area (Å²) in [6.45, 7) is 1.51. The van der Waals surface area contributed by atoms with Crippen molar-refractivity contribution in [3.05, 3.63) is 65.7 Å². The zero-order chi connectivity index (χ0) is 23.0. The zero-order valence-electron chi connectivity index (χ0n) is 17.6. The summed E-state index contributed by atoms with van der Waals surface area (Å²) in [7, 11) is -2.33. The number of hydrogen-bond acceptors (Lipinski definition) is 5. The maximum atomic E-state index is 13.0. The number of para-hydroxylation sites is 1. The van der Waals surface area contributed by atoms with Gasteiger partial charge >= 0.3 is 0 Å². The van der Waals surface area contributed by atoms with Gasteiger partial charge < -0.3 is 14.5 Å². The molecule has 0 spiro atoms. The molecule has 1 amide bonds. The van der Waals surface area contributed by atoms with E-state index in [1.165, 1.54) is 26.2 Å². The van der Waals surface area contributed by atoms with Gasteiger partial charge in [-0.25, -0.2) is 8.42 Å². The van der Waals surface area contributed by atoms with Crippen LogP contribution in [0.25, 0.3) is 21.9 Å². The third kappa shape index (κ3) is 4.11. The van der Waals surface area contributed by atoms with Crippen molar-refractivity contribution < 1.29 is 22.4 Å². The summed E-state index contributed by atoms with van der Waals surface area (Å²) in [5, 5.41) is 4.92. The number of nitrogens with one attached hydrogen (secondary N) is 1. The third-order valence-electron chi connectivity index (χ3n) is 5.12. The highest BCUT2D eigenvalue weighted by Crippen LogP contribution is 2.32. The molecule has 0 fully saturated rings. The Morgan fingerprint density at radius 3 is 2.47 bits per heavy atom. The minimum Gasteiger partial charge on any atom is -0.495 e. The number of rotatable bonds is 6. The number of amides is 1. The van der Waals surface area contributed by atoms with E-state index in [2.05, 4.69) is 5.32 Å². The molecule has 3 aromatic carbocycles. The molecular weight excluding hydrogens is 452 g/mol. The van der Waals surface area contributed by atoms with Crippen LogP contribution in [-0.4, -0.2) is 33.7 Å². The molecule has 1 N–H and O–H groups in total. The number of benzene rings is 3. The standard InChI is InChI=1S/C23H21ClN2O5S/c1-14(26(32(3,28)29)16-9-11-21(30-2)19(24)13-16)23(27)25-15-8-10-18-17-6-4-5-7-20(17)31-22(18)12-15/h4-14H,1-3H3,(H,25,27)/t14-/m1/s1. The Morgan fingerprint density at radius 2 is 1.78 bits per heavy atom. The first kappa shape index (κ1) is 22.0. The summed E-state index contributed by atoms with van der Waals surface area (Å²) in [5.74, 6) is -0.0991. The minimum atomic E-state index is -3.79. The summed E-state index contributed by atoms with van der Waals surface area (Å²) in [6, 6.07) is 16.5. The van der Waals surface area contributed by atoms with Crippen molar-refractivity contribution in [2.45, 2.75) is 13.0 Å². The Hall–Kier alpha value is -3.23. The molecule has 4 rings (SSSR count). The van der Waals surface area contributed by atoms with E-state index in [1.54, 1.807) is 18.2 Å². The molecule has 0 radical (unpaired) electrons. The van der Waals surface area contributed by atoms with Crippen LogP contribution in [0.5, 0.6) is 5.75 Å². The quantitative estimate of drug-likeness (QED) is 0.424. The van der Waals surface area contributed by atoms with Gasteiger partial charge in [0.2, 0.25) is 15.9 Å². The topological polar surface area (TPSA) is 88.8 Å². The molecule has 0 aliphatic carbocycles. The zero-order valence-corrected chi connectivity index (χ0v) is 19.2. The van der Waals surface area contributed by atoms with Gasteiger partial charge in [-0.1, -0.05) is 29.8 Å². The average molecular weight is 473 g/mol. The Balaban J connectivity index is 1.63. The van der Waals surface area contributed by atoms with Gasteiger partial charge in [-0.15, -0.1) is 0 Å². The maximum Gasteiger partial charge on any atom is 0.247 e. The van der Waals surface area contributed by atoms with Gasteiger partial charge in [0.15, 0.2) is 0 Å². The van der Waals surface area contributed by atoms with Crippen LogP contribution in [0.15, 0.2) is 65.1 Å². The Bertz CT molecular complexity index is 1430. The van der Waals surface area contributed by atoms with E-state index in [0.29, 0.717) is 17.0 Å². The fraction of sp³-hybridized carbons (Fsp3) is 0.174. The average Bonchev–Trinajstić information content (AvgIpc) is 3.10. The fourth-order valence-electron chi connectivity index (χ4n) is 3.65. The van der Waals surface area contributed by atoms with Gasteiger partial charge in [0, 0.05) is 22.5 Å². The van der Waals surface area contributed by atoms with E-state index in [0.717, 1.165) is 26.9 Å². The largest absolute Gasteiger partial charge is 0.495 e. The van der Waals surface area contributed by atoms with Crippen molar-refractivity contribution in [3.63, 3.8) is 0 Å². The molecule has 32 heavy (non-hydrogen) atoms. The van der Waals surface area contributed by atoms with E-state index < -0.39 is 22.0 Å². The summed E-state index contributed by atoms with van der Waals surface area (Å²) < 4.78 is 37.1. The second kappa shape index (κ2) is 8.37. The lowest BCUT2D eigenvalue weighted by Gasteiger charge is -2.28. The molecule has 0 unspecified atom stereocenters. The highest BCUT2D eigenvalue weighted by Gasteiger charge is 2.30. The van der Waals surface area contributed by atoms with E-state index in [1.807, 2.05) is 30.3 Å². The molecule has 166 valence electrons. The number of sulfonamides is 1. The van der Waals surface area contributed by atoms with Crippen molar-refractivity contribution in [2.75, 3.05) is 23.0 Å². The summed E-state index contributed by atoms with van der Waals surface area (Å²) in [5.41, 5.74) is 2.13. The van der Waals surface area contributed by atoms with Crippen molar-refractivity contribution in [1.82, 2.24) is 0 Å². The van der Waals surface area contributed by atoms with Gasteiger partial charge in [0.1, 0.15) is 23.0 Å². The molecular formula is C23H21ClN2O5S. The summed E-state index contributed by atoms with van der Waals surface area (Å²) in [6.07, 6.45) is 1.04. The maximum absolute atomic E-state index is 13.0. The van der Waals surface area contributed by atoms with Crippen LogP contribution in [0.1, 0.15) is 6.92 Å². The van der Waals surface area contributed by atoms with Gasteiger partial charge in [0.05, 0.1) is 24.1 Å². The lowest BCUT2D eigenvalue weighted by Crippen LogP contribution is -2.45. The number of anilines is 2. The van der Waals surface area contributed by atoms with Gasteiger partial charge in [-0.05, 0) is 43.3 Å². The molecule has 1 atom stereocenters. The van der Waals surface area contributed by atoms with Crippen LogP contribution in [0, 0.1) is 0 Å². The second-order valence-corrected chi connectivity index (χ2v) is 9.62. The van der Waals surface area contributed by atoms with Crippen LogP contribution in [0.4, 0.5) is 11.4 Å². The van der Waals surface area contributed by atoms with E-state index in [4.69, 9.17) is 20.8 Å². The number of carbonyl (C=O) groups is 1. The number of ether oxygens (including phenoxy) is 1. The molecule has 1 aromatic heterocycles. The van der Waals surface area contributed by atoms with Crippen LogP contribution in [0.3, 0.4) is 0 Å². The smallest absolute Gasteiger partial charge is 0.247 e. The SMILES string of the molecule is COc1ccc(N([C@H](C)C(=O)Nc2ccc3c(c2)oc2ccccc23)S(C)(=O)=O)cc1Cl. The van der Waals surface area contributed by atoms with E-state index in [9.17, 15) is 13.2 Å². The number of halogens is 1. The van der Waals surface area contributed by atoms with Crippen LogP contribution in [0.2, 0.25) is 5.02 Å². The molecule has 4 aromatic rings. The first-order chi connectivity index (χ1) is 15.2. The molecule has 7 nitrogen and oxygen atoms in total. The van der Waals surface area contributed by atoms with Crippen LogP contribution < -0.4 is 14.4 Å². The Labute approximate surface area is 190 Å². The van der Waals surface area contributed by atoms with Crippen molar-refractivity contribution in [1.29, 1.82) is 0 Å². The molecule has 0 aliphatic rings. The predicted molar refractivity (Wildman–Crippen MR) is 127 cm³/mol. The lowest BCUT2D eigenvalue weighted by atomic mass is 10.1. The van der Waals surface area contributed by atoms with E-state index in [-0.39, 0.29) is 10.7 Å². The lowest BCUT2D eigenvalue weighted by molar-refractivity contribution is -0.116. The number of fused-ring (bicyclic) bond motifs is 3. The number of nitrogens with zero attached hydrogens (tertiary/aromatic N) is 1. The molecule has 0 saturated carbocycles. The number of furan rings is 1. The fourth-order valence-corrected chi connectivity index (χ4v) is 5.07. The predicted octanol–water partition coefficient (Wildman–Crippen LogP) is 5.04. The van der Waals surface area contributed by atoms with Crippen molar-refractivity contribution >= 4 is 60.8 Å². The molecule has 9 heteroatoms. The highest BCUT2D eigenvalue weighted by molar-refractivity contribution is 7.92. The molecule has 0 bridgehead atoms. The van der Waals surface area contributed by atoms with Crippen LogP contribution >= 0.6 is 11.6 Å². The summed E-state index contributed by atoms with van der Waals surface area (Å²) in [4.78, 5) is 13.0. The number of hydrogen-bond donors (Lipinski definition) is 1. The van der Waals surface area contributed by atoms with Gasteiger partial charge in [-0.3, -0.25) is 9.10 Å². The Morgan fingerprint density at radius 1 is 1.06 bits per heavy atom. The third-order valence-corrected chi connectivity index (χ3v) is 6.66. The van der Waals surface area contributed by atoms with Crippen molar-refractivity contribution in [2.24, 2.45) is 0 Å². The van der Waals surface area contributed by atoms with E-state index >= 15 is 0 Å². The normalized spacial score (nSPS) is 12.6. The molecule has 0 aliphatic heterocycles. The van der Waals surface area contributed by atoms with Crippen LogP contribution in [-0.2, 0) is 14.8 Å². The Kier molecular flexibility index (Phi) is 5.75. The first-order valence-electron chi connectivity index (χ1n) is 9.74. The molecule has 0 saturated heterocycles. The van der Waals surface area contributed by atoms with Crippen molar-refractivity contribution in [3.8, 4) is 5.75 Å². The molecule has 1 heterocycles. The second-order valence-electron chi connectivity index (χ2n) is 7.35. The highest BCUT2D eigenvalue weighted by atomic mass is 35.5. The van der Waals surface area contributed by atoms with Gasteiger partial charge in [0.25, 0.3) is 0 Å². The monoisotopic (exact) mass is 472 g/mol. The number of carbonyl (C=O) groups excluding carboxylic acids is 1. The minimum absolute atomic E-state index is 0.238. The summed E-state index contributed by atoms with van der Waals surface area (Å²) >= 11 is 6.17. The first-order valence-corrected chi connectivity index (χ1v) is 12.0.